The molecule has 8 heteroatoms. The molecule has 0 aliphatic carbocycles. The Morgan fingerprint density at radius 3 is 2.66 bits per heavy atom. The summed E-state index contributed by atoms with van der Waals surface area (Å²) in [5.74, 6) is -2.74. The molecule has 4 rings (SSSR count). The van der Waals surface area contributed by atoms with Crippen LogP contribution in [0, 0.1) is 5.82 Å². The average Bonchev–Trinajstić information content (AvgIpc) is 3.04. The van der Waals surface area contributed by atoms with Gasteiger partial charge in [0.2, 0.25) is 0 Å². The highest BCUT2D eigenvalue weighted by Gasteiger charge is 2.46. The van der Waals surface area contributed by atoms with E-state index in [9.17, 15) is 19.1 Å². The predicted octanol–water partition coefficient (Wildman–Crippen LogP) is 4.61. The summed E-state index contributed by atoms with van der Waals surface area (Å²) in [5.41, 5.74) is 1.31. The molecule has 1 aliphatic heterocycles. The van der Waals surface area contributed by atoms with E-state index in [1.165, 1.54) is 24.1 Å². The maximum Gasteiger partial charge on any atom is 0.295 e. The van der Waals surface area contributed by atoms with Crippen LogP contribution in [-0.4, -0.2) is 33.8 Å². The Morgan fingerprint density at radius 1 is 1.19 bits per heavy atom. The molecular weight excluding hydrogens is 479 g/mol. The summed E-state index contributed by atoms with van der Waals surface area (Å²) in [5, 5.41) is 11.0. The highest BCUT2D eigenvalue weighted by molar-refractivity contribution is 9.10. The van der Waals surface area contributed by atoms with Crippen molar-refractivity contribution in [1.82, 2.24) is 9.88 Å². The maximum atomic E-state index is 14.3. The number of nitrogens with zero attached hydrogens (tertiary/aromatic N) is 2. The summed E-state index contributed by atoms with van der Waals surface area (Å²) >= 11 is 3.41. The van der Waals surface area contributed by atoms with Gasteiger partial charge in [-0.3, -0.25) is 14.6 Å². The number of halogens is 2. The van der Waals surface area contributed by atoms with E-state index in [1.54, 1.807) is 42.7 Å². The van der Waals surface area contributed by atoms with Gasteiger partial charge in [-0.15, -0.1) is 0 Å². The van der Waals surface area contributed by atoms with Crippen LogP contribution in [-0.2, 0) is 16.1 Å². The zero-order valence-electron chi connectivity index (χ0n) is 17.0. The smallest absolute Gasteiger partial charge is 0.295 e. The van der Waals surface area contributed by atoms with Gasteiger partial charge in [0.1, 0.15) is 5.76 Å². The number of amides is 1. The molecule has 2 heterocycles. The molecule has 1 unspecified atom stereocenters. The Hall–Kier alpha value is -3.52. The van der Waals surface area contributed by atoms with Gasteiger partial charge in [0.05, 0.1) is 18.7 Å². The lowest BCUT2D eigenvalue weighted by Crippen LogP contribution is -2.29. The number of carbonyl (C=O) groups excluding carboxylic acids is 2. The molecular formula is C24H18BrFN2O4. The van der Waals surface area contributed by atoms with Crippen molar-refractivity contribution in [2.45, 2.75) is 12.6 Å². The molecule has 32 heavy (non-hydrogen) atoms. The Morgan fingerprint density at radius 2 is 2.00 bits per heavy atom. The van der Waals surface area contributed by atoms with Gasteiger partial charge in [-0.1, -0.05) is 34.1 Å². The summed E-state index contributed by atoms with van der Waals surface area (Å²) in [6.07, 6.45) is 3.22. The number of aliphatic hydroxyl groups is 1. The van der Waals surface area contributed by atoms with Crippen LogP contribution in [0.25, 0.3) is 5.76 Å². The number of rotatable bonds is 5. The number of ketones is 1. The van der Waals surface area contributed by atoms with Gasteiger partial charge >= 0.3 is 0 Å². The third-order valence-corrected chi connectivity index (χ3v) is 5.70. The minimum atomic E-state index is -0.863. The Bertz CT molecular complexity index is 1230. The van der Waals surface area contributed by atoms with Crippen LogP contribution >= 0.6 is 15.9 Å². The highest BCUT2D eigenvalue weighted by Crippen LogP contribution is 2.41. The fourth-order valence-corrected chi connectivity index (χ4v) is 4.14. The number of hydrogen-bond acceptors (Lipinski definition) is 5. The van der Waals surface area contributed by atoms with Crippen molar-refractivity contribution in [3.05, 3.63) is 99.5 Å². The number of methoxy groups -OCH3 is 1. The Balaban J connectivity index is 1.87. The Labute approximate surface area is 192 Å². The largest absolute Gasteiger partial charge is 0.507 e. The fourth-order valence-electron chi connectivity index (χ4n) is 3.72. The first-order valence-electron chi connectivity index (χ1n) is 9.67. The van der Waals surface area contributed by atoms with E-state index in [4.69, 9.17) is 4.74 Å². The lowest BCUT2D eigenvalue weighted by molar-refractivity contribution is -0.140. The number of aliphatic hydroxyl groups excluding tert-OH is 1. The first-order chi connectivity index (χ1) is 15.4. The zero-order valence-corrected chi connectivity index (χ0v) is 18.5. The van der Waals surface area contributed by atoms with Crippen LogP contribution < -0.4 is 4.74 Å². The lowest BCUT2D eigenvalue weighted by Gasteiger charge is -2.25. The average molecular weight is 497 g/mol. The summed E-state index contributed by atoms with van der Waals surface area (Å²) in [4.78, 5) is 31.5. The molecule has 0 saturated carbocycles. The zero-order chi connectivity index (χ0) is 22.8. The van der Waals surface area contributed by atoms with Crippen molar-refractivity contribution in [3.63, 3.8) is 0 Å². The van der Waals surface area contributed by atoms with Gasteiger partial charge in [-0.05, 0) is 47.5 Å². The van der Waals surface area contributed by atoms with Crippen molar-refractivity contribution >= 4 is 33.4 Å². The summed E-state index contributed by atoms with van der Waals surface area (Å²) < 4.78 is 19.9. The van der Waals surface area contributed by atoms with Crippen LogP contribution in [0.4, 0.5) is 4.39 Å². The second kappa shape index (κ2) is 8.92. The van der Waals surface area contributed by atoms with Crippen LogP contribution in [0.15, 0.2) is 77.0 Å². The van der Waals surface area contributed by atoms with Crippen molar-refractivity contribution in [3.8, 4) is 5.75 Å². The van der Waals surface area contributed by atoms with E-state index in [0.29, 0.717) is 5.56 Å². The highest BCUT2D eigenvalue weighted by atomic mass is 79.9. The summed E-state index contributed by atoms with van der Waals surface area (Å²) in [7, 11) is 1.33. The monoisotopic (exact) mass is 496 g/mol. The molecule has 1 amide bonds. The van der Waals surface area contributed by atoms with Crippen LogP contribution in [0.3, 0.4) is 0 Å². The number of likely N-dealkylation sites (tertiary alicyclic amines) is 1. The molecule has 0 bridgehead atoms. The molecule has 2 aromatic carbocycles. The van der Waals surface area contributed by atoms with Crippen molar-refractivity contribution in [2.75, 3.05) is 7.11 Å². The molecule has 3 aromatic rings. The molecule has 6 nitrogen and oxygen atoms in total. The van der Waals surface area contributed by atoms with Gasteiger partial charge in [0.15, 0.2) is 11.6 Å². The molecule has 1 atom stereocenters. The quantitative estimate of drug-likeness (QED) is 0.317. The van der Waals surface area contributed by atoms with Crippen LogP contribution in [0.5, 0.6) is 5.75 Å². The normalized spacial score (nSPS) is 17.6. The van der Waals surface area contributed by atoms with E-state index >= 15 is 0 Å². The molecule has 162 valence electrons. The first kappa shape index (κ1) is 21.7. The maximum absolute atomic E-state index is 14.3. The van der Waals surface area contributed by atoms with Crippen molar-refractivity contribution in [1.29, 1.82) is 0 Å². The minimum Gasteiger partial charge on any atom is -0.507 e. The van der Waals surface area contributed by atoms with Crippen molar-refractivity contribution in [2.24, 2.45) is 0 Å². The standard InChI is InChI=1S/C24H18BrFN2O4/c1-32-19-8-7-16(11-18(19)26)22(29)20-21(15-5-2-6-17(25)10-15)28(24(31)23(20)30)13-14-4-3-9-27-12-14/h2-12,21,29H,13H2,1H3. The fraction of sp³-hybridized carbons (Fsp3) is 0.125. The van der Waals surface area contributed by atoms with E-state index in [2.05, 4.69) is 20.9 Å². The van der Waals surface area contributed by atoms with E-state index in [1.807, 2.05) is 6.07 Å². The minimum absolute atomic E-state index is 0.00196. The predicted molar refractivity (Wildman–Crippen MR) is 119 cm³/mol. The van der Waals surface area contributed by atoms with E-state index < -0.39 is 29.3 Å². The van der Waals surface area contributed by atoms with Crippen LogP contribution in [0.1, 0.15) is 22.7 Å². The number of ether oxygens (including phenoxy) is 1. The Kier molecular flexibility index (Phi) is 6.05. The second-order valence-electron chi connectivity index (χ2n) is 7.19. The molecule has 1 aromatic heterocycles. The van der Waals surface area contributed by atoms with E-state index in [-0.39, 0.29) is 23.4 Å². The lowest BCUT2D eigenvalue weighted by atomic mass is 9.95. The third kappa shape index (κ3) is 4.01. The number of pyridine rings is 1. The number of hydrogen-bond donors (Lipinski definition) is 1. The summed E-state index contributed by atoms with van der Waals surface area (Å²) in [6, 6.07) is 13.6. The summed E-state index contributed by atoms with van der Waals surface area (Å²) in [6.45, 7) is 0.114. The number of benzene rings is 2. The first-order valence-corrected chi connectivity index (χ1v) is 10.5. The van der Waals surface area contributed by atoms with Gasteiger partial charge in [0.25, 0.3) is 11.7 Å². The SMILES string of the molecule is COc1ccc(C(O)=C2C(=O)C(=O)N(Cc3cccnc3)C2c2cccc(Br)c2)cc1F. The second-order valence-corrected chi connectivity index (χ2v) is 8.11. The van der Waals surface area contributed by atoms with Gasteiger partial charge in [-0.25, -0.2) is 4.39 Å². The van der Waals surface area contributed by atoms with Gasteiger partial charge in [0, 0.05) is 29.0 Å². The molecule has 0 spiro atoms. The number of carbonyl (C=O) groups is 2. The van der Waals surface area contributed by atoms with Crippen LogP contribution in [0.2, 0.25) is 0 Å². The third-order valence-electron chi connectivity index (χ3n) is 5.21. The molecule has 0 radical (unpaired) electrons. The molecule has 1 aliphatic rings. The van der Waals surface area contributed by atoms with Gasteiger partial charge < -0.3 is 14.7 Å². The molecule has 1 N–H and O–H groups in total. The molecule has 1 fully saturated rings. The van der Waals surface area contributed by atoms with Crippen molar-refractivity contribution < 1.29 is 23.8 Å². The number of Topliss-reactive ketones (excluding diaryl/α,β-unsaturated/α-hetero) is 1. The van der Waals surface area contributed by atoms with Gasteiger partial charge in [-0.2, -0.15) is 0 Å². The number of aromatic nitrogens is 1. The molecule has 1 saturated heterocycles. The van der Waals surface area contributed by atoms with E-state index in [0.717, 1.165) is 16.1 Å². The topological polar surface area (TPSA) is 79.7 Å².